The maximum Gasteiger partial charge on any atom is 0.285 e. The summed E-state index contributed by atoms with van der Waals surface area (Å²) < 4.78 is 1.42. The number of nitrogens with zero attached hydrogens (tertiary/aromatic N) is 3. The molecule has 0 bridgehead atoms. The molecule has 0 saturated carbocycles. The molecule has 0 aliphatic carbocycles. The summed E-state index contributed by atoms with van der Waals surface area (Å²) in [5.74, 6) is 4.83. The van der Waals surface area contributed by atoms with Gasteiger partial charge in [-0.05, 0) is 12.1 Å². The number of nitrogen functional groups attached to an aromatic ring is 2. The third kappa shape index (κ3) is 1.38. The Kier molecular flexibility index (Phi) is 2.14. The predicted molar refractivity (Wildman–Crippen MR) is 66.6 cm³/mol. The van der Waals surface area contributed by atoms with E-state index in [0.717, 1.165) is 16.4 Å². The zero-order valence-electron chi connectivity index (χ0n) is 9.29. The van der Waals surface area contributed by atoms with Crippen LogP contribution < -0.4 is 17.0 Å². The van der Waals surface area contributed by atoms with Gasteiger partial charge in [0.2, 0.25) is 5.95 Å². The zero-order valence-corrected chi connectivity index (χ0v) is 9.29. The molecule has 0 saturated heterocycles. The zero-order chi connectivity index (χ0) is 12.7. The van der Waals surface area contributed by atoms with E-state index in [4.69, 9.17) is 11.6 Å². The van der Waals surface area contributed by atoms with Gasteiger partial charge in [0, 0.05) is 5.39 Å². The van der Waals surface area contributed by atoms with E-state index in [0.29, 0.717) is 0 Å². The fourth-order valence-corrected chi connectivity index (χ4v) is 1.89. The van der Waals surface area contributed by atoms with Crippen LogP contribution in [0, 0.1) is 0 Å². The highest BCUT2D eigenvalue weighted by Gasteiger charge is 2.13. The van der Waals surface area contributed by atoms with Gasteiger partial charge in [0.05, 0.1) is 11.0 Å². The van der Waals surface area contributed by atoms with Crippen LogP contribution in [0.15, 0.2) is 30.3 Å². The van der Waals surface area contributed by atoms with Crippen molar-refractivity contribution >= 4 is 28.3 Å². The van der Waals surface area contributed by atoms with Crippen LogP contribution in [-0.4, -0.2) is 20.5 Å². The number of hydrazine groups is 1. The fraction of sp³-hybridized carbons (Fsp3) is 0. The molecule has 0 aliphatic rings. The summed E-state index contributed by atoms with van der Waals surface area (Å²) >= 11 is 0. The van der Waals surface area contributed by atoms with Gasteiger partial charge in [-0.15, -0.1) is 0 Å². The van der Waals surface area contributed by atoms with Gasteiger partial charge in [-0.3, -0.25) is 10.2 Å². The summed E-state index contributed by atoms with van der Waals surface area (Å²) in [6.45, 7) is 0. The Hall–Kier alpha value is -2.67. The highest BCUT2D eigenvalue weighted by atomic mass is 16.2. The van der Waals surface area contributed by atoms with Crippen molar-refractivity contribution in [3.8, 4) is 0 Å². The lowest BCUT2D eigenvalue weighted by atomic mass is 10.2. The van der Waals surface area contributed by atoms with E-state index in [1.54, 1.807) is 6.07 Å². The van der Waals surface area contributed by atoms with Crippen molar-refractivity contribution in [3.63, 3.8) is 0 Å². The van der Waals surface area contributed by atoms with Crippen molar-refractivity contribution in [2.45, 2.75) is 0 Å². The Morgan fingerprint density at radius 1 is 1.33 bits per heavy atom. The number of hydrogen-bond donors (Lipinski definition) is 3. The van der Waals surface area contributed by atoms with E-state index in [1.807, 2.05) is 29.7 Å². The molecular weight excluding hydrogens is 232 g/mol. The van der Waals surface area contributed by atoms with Crippen LogP contribution in [0.4, 0.5) is 5.95 Å². The number of carbonyl (C=O) groups excluding carboxylic acids is 1. The van der Waals surface area contributed by atoms with Crippen molar-refractivity contribution in [2.24, 2.45) is 5.84 Å². The summed E-state index contributed by atoms with van der Waals surface area (Å²) in [6.07, 6.45) is 0. The Balaban J connectivity index is 2.41. The van der Waals surface area contributed by atoms with E-state index in [9.17, 15) is 4.79 Å². The van der Waals surface area contributed by atoms with Crippen LogP contribution in [0.5, 0.6) is 0 Å². The molecule has 2 heterocycles. The van der Waals surface area contributed by atoms with Gasteiger partial charge in [-0.1, -0.05) is 18.2 Å². The number of rotatable bonds is 1. The highest BCUT2D eigenvalue weighted by Crippen LogP contribution is 2.21. The minimum atomic E-state index is -0.470. The van der Waals surface area contributed by atoms with Gasteiger partial charge < -0.3 is 5.73 Å². The Morgan fingerprint density at radius 3 is 2.89 bits per heavy atom. The fourth-order valence-electron chi connectivity index (χ4n) is 1.89. The van der Waals surface area contributed by atoms with Crippen LogP contribution in [0.2, 0.25) is 0 Å². The van der Waals surface area contributed by atoms with E-state index in [-0.39, 0.29) is 11.6 Å². The Morgan fingerprint density at radius 2 is 2.11 bits per heavy atom. The summed E-state index contributed by atoms with van der Waals surface area (Å²) in [6, 6.07) is 9.12. The summed E-state index contributed by atoms with van der Waals surface area (Å²) in [7, 11) is 0. The second-order valence-corrected chi connectivity index (χ2v) is 3.79. The monoisotopic (exact) mass is 242 g/mol. The molecule has 0 spiro atoms. The number of nitrogens with two attached hydrogens (primary N) is 2. The molecule has 0 aliphatic heterocycles. The first kappa shape index (κ1) is 10.5. The summed E-state index contributed by atoms with van der Waals surface area (Å²) in [5, 5.41) is 4.94. The van der Waals surface area contributed by atoms with Crippen molar-refractivity contribution in [3.05, 3.63) is 36.0 Å². The topological polar surface area (TPSA) is 111 Å². The summed E-state index contributed by atoms with van der Waals surface area (Å²) in [5.41, 5.74) is 9.51. The third-order valence-electron chi connectivity index (χ3n) is 2.71. The second-order valence-electron chi connectivity index (χ2n) is 3.79. The minimum absolute atomic E-state index is 0.197. The van der Waals surface area contributed by atoms with Crippen LogP contribution in [0.25, 0.3) is 16.4 Å². The van der Waals surface area contributed by atoms with Gasteiger partial charge in [0.25, 0.3) is 5.91 Å². The Bertz CT molecular complexity index is 763. The standard InChI is InChI=1S/C11H10N6O/c12-11-14-7-4-2-1-3-6(7)9-5-8(10(18)15-13)16-17(9)11/h1-5H,13H2,(H2,12,14)(H,15,18). The van der Waals surface area contributed by atoms with Crippen molar-refractivity contribution in [1.29, 1.82) is 0 Å². The maximum atomic E-state index is 11.5. The average molecular weight is 242 g/mol. The molecule has 1 aromatic carbocycles. The van der Waals surface area contributed by atoms with E-state index in [2.05, 4.69) is 10.1 Å². The molecule has 90 valence electrons. The SMILES string of the molecule is NNC(=O)c1cc2c3ccccc3nc(N)n2n1. The normalized spacial score (nSPS) is 10.9. The quantitative estimate of drug-likeness (QED) is 0.317. The Labute approximate surface area is 101 Å². The molecule has 1 amide bonds. The largest absolute Gasteiger partial charge is 0.368 e. The van der Waals surface area contributed by atoms with Crippen LogP contribution in [0.3, 0.4) is 0 Å². The highest BCUT2D eigenvalue weighted by molar-refractivity contribution is 5.99. The van der Waals surface area contributed by atoms with Gasteiger partial charge in [-0.2, -0.15) is 9.61 Å². The molecule has 3 aromatic rings. The minimum Gasteiger partial charge on any atom is -0.368 e. The van der Waals surface area contributed by atoms with Crippen LogP contribution in [-0.2, 0) is 0 Å². The molecule has 7 heteroatoms. The lowest BCUT2D eigenvalue weighted by Crippen LogP contribution is -2.30. The molecular formula is C11H10N6O. The molecule has 5 N–H and O–H groups in total. The number of para-hydroxylation sites is 1. The number of carbonyl (C=O) groups is 1. The average Bonchev–Trinajstić information content (AvgIpc) is 2.84. The summed E-state index contributed by atoms with van der Waals surface area (Å²) in [4.78, 5) is 15.7. The first-order chi connectivity index (χ1) is 8.70. The lowest BCUT2D eigenvalue weighted by molar-refractivity contribution is 0.0948. The first-order valence-electron chi connectivity index (χ1n) is 5.25. The van der Waals surface area contributed by atoms with Crippen LogP contribution in [0.1, 0.15) is 10.5 Å². The first-order valence-corrected chi connectivity index (χ1v) is 5.25. The number of amides is 1. The van der Waals surface area contributed by atoms with Gasteiger partial charge in [0.1, 0.15) is 0 Å². The number of aromatic nitrogens is 3. The van der Waals surface area contributed by atoms with Gasteiger partial charge in [0.15, 0.2) is 5.69 Å². The van der Waals surface area contributed by atoms with Crippen molar-refractivity contribution in [2.75, 3.05) is 5.73 Å². The van der Waals surface area contributed by atoms with E-state index >= 15 is 0 Å². The van der Waals surface area contributed by atoms with E-state index in [1.165, 1.54) is 4.52 Å². The maximum absolute atomic E-state index is 11.5. The molecule has 0 unspecified atom stereocenters. The van der Waals surface area contributed by atoms with E-state index < -0.39 is 5.91 Å². The molecule has 0 fully saturated rings. The number of anilines is 1. The predicted octanol–water partition coefficient (Wildman–Crippen LogP) is 0.0682. The molecule has 18 heavy (non-hydrogen) atoms. The number of fused-ring (bicyclic) bond motifs is 3. The number of hydrogen-bond acceptors (Lipinski definition) is 5. The number of nitrogens with one attached hydrogen (secondary N) is 1. The molecule has 0 atom stereocenters. The lowest BCUT2D eigenvalue weighted by Gasteiger charge is -2.02. The van der Waals surface area contributed by atoms with Gasteiger partial charge in [-0.25, -0.2) is 10.8 Å². The van der Waals surface area contributed by atoms with Gasteiger partial charge >= 0.3 is 0 Å². The molecule has 3 rings (SSSR count). The third-order valence-corrected chi connectivity index (χ3v) is 2.71. The number of benzene rings is 1. The van der Waals surface area contributed by atoms with Crippen molar-refractivity contribution in [1.82, 2.24) is 20.0 Å². The molecule has 0 radical (unpaired) electrons. The van der Waals surface area contributed by atoms with Crippen molar-refractivity contribution < 1.29 is 4.79 Å². The van der Waals surface area contributed by atoms with Crippen LogP contribution >= 0.6 is 0 Å². The molecule has 2 aromatic heterocycles. The second kappa shape index (κ2) is 3.67. The smallest absolute Gasteiger partial charge is 0.285 e. The molecule has 7 nitrogen and oxygen atoms in total.